The van der Waals surface area contributed by atoms with Crippen molar-refractivity contribution in [3.63, 3.8) is 0 Å². The molecule has 0 radical (unpaired) electrons. The minimum atomic E-state index is 0.153. The van der Waals surface area contributed by atoms with Crippen LogP contribution in [0.2, 0.25) is 0 Å². The number of hydrogen-bond donors (Lipinski definition) is 1. The monoisotopic (exact) mass is 377 g/mol. The van der Waals surface area contributed by atoms with E-state index in [4.69, 9.17) is 9.98 Å². The van der Waals surface area contributed by atoms with Crippen LogP contribution in [0.4, 0.5) is 11.4 Å². The molecule has 0 saturated heterocycles. The number of nitrogens with one attached hydrogen (secondary N) is 1. The molecule has 2 atom stereocenters. The Morgan fingerprint density at radius 1 is 0.786 bits per heavy atom. The van der Waals surface area contributed by atoms with Gasteiger partial charge in [0.25, 0.3) is 0 Å². The van der Waals surface area contributed by atoms with Gasteiger partial charge in [-0.1, -0.05) is 35.4 Å². The summed E-state index contributed by atoms with van der Waals surface area (Å²) in [6.45, 7) is 19.1. The van der Waals surface area contributed by atoms with E-state index in [-0.39, 0.29) is 12.1 Å². The molecular formula is C25H35N3. The molecule has 0 bridgehead atoms. The number of rotatable bonds is 6. The van der Waals surface area contributed by atoms with Gasteiger partial charge in [-0.3, -0.25) is 9.98 Å². The van der Waals surface area contributed by atoms with Crippen LogP contribution in [0, 0.1) is 41.5 Å². The van der Waals surface area contributed by atoms with E-state index in [0.29, 0.717) is 0 Å². The molecule has 0 aliphatic rings. The van der Waals surface area contributed by atoms with E-state index >= 15 is 0 Å². The highest BCUT2D eigenvalue weighted by molar-refractivity contribution is 5.90. The zero-order valence-electron chi connectivity index (χ0n) is 18.9. The van der Waals surface area contributed by atoms with Crippen molar-refractivity contribution in [3.8, 4) is 0 Å². The van der Waals surface area contributed by atoms with Crippen molar-refractivity contribution >= 4 is 23.3 Å². The average Bonchev–Trinajstić information content (AvgIpc) is 2.56. The topological polar surface area (TPSA) is 36.8 Å². The summed E-state index contributed by atoms with van der Waals surface area (Å²) >= 11 is 0. The Morgan fingerprint density at radius 3 is 1.68 bits per heavy atom. The third-order valence-electron chi connectivity index (χ3n) is 5.13. The minimum absolute atomic E-state index is 0.153. The van der Waals surface area contributed by atoms with Crippen molar-refractivity contribution < 1.29 is 0 Å². The number of benzene rings is 2. The summed E-state index contributed by atoms with van der Waals surface area (Å²) in [5.74, 6) is 0. The fraction of sp³-hybridized carbons (Fsp3) is 0.440. The molecule has 1 N–H and O–H groups in total. The molecule has 0 aliphatic heterocycles. The van der Waals surface area contributed by atoms with Crippen molar-refractivity contribution in [1.29, 1.82) is 0 Å². The Hall–Kier alpha value is -2.26. The summed E-state index contributed by atoms with van der Waals surface area (Å²) in [6, 6.07) is 9.08. The summed E-state index contributed by atoms with van der Waals surface area (Å²) in [7, 11) is 0. The first-order chi connectivity index (χ1) is 13.1. The molecule has 2 rings (SSSR count). The standard InChI is InChI=1S/C25H35N3/c1-15-10-17(3)24(18(4)11-15)26-14-21(7)27-22(8)23(9)28-25-19(5)12-16(2)13-20(25)6/h10-14,21-22,27H,1-9H3. The van der Waals surface area contributed by atoms with Crippen LogP contribution in [0.25, 0.3) is 0 Å². The summed E-state index contributed by atoms with van der Waals surface area (Å²) < 4.78 is 0. The van der Waals surface area contributed by atoms with Crippen molar-refractivity contribution in [3.05, 3.63) is 57.6 Å². The zero-order valence-corrected chi connectivity index (χ0v) is 18.9. The quantitative estimate of drug-likeness (QED) is 0.581. The Morgan fingerprint density at radius 2 is 1.21 bits per heavy atom. The minimum Gasteiger partial charge on any atom is -0.302 e. The van der Waals surface area contributed by atoms with E-state index in [9.17, 15) is 0 Å². The van der Waals surface area contributed by atoms with Gasteiger partial charge in [-0.25, -0.2) is 0 Å². The molecule has 0 spiro atoms. The highest BCUT2D eigenvalue weighted by Crippen LogP contribution is 2.26. The van der Waals surface area contributed by atoms with Crippen LogP contribution in [0.3, 0.4) is 0 Å². The van der Waals surface area contributed by atoms with Gasteiger partial charge in [0.1, 0.15) is 0 Å². The van der Waals surface area contributed by atoms with Gasteiger partial charge in [0.05, 0.1) is 11.4 Å². The largest absolute Gasteiger partial charge is 0.302 e. The first kappa shape index (κ1) is 22.0. The maximum absolute atomic E-state index is 4.92. The molecule has 0 heterocycles. The van der Waals surface area contributed by atoms with Crippen LogP contribution in [0.15, 0.2) is 34.3 Å². The SMILES string of the molecule is CC(=Nc1c(C)cc(C)cc1C)C(C)NC(C)C=Nc1c(C)cc(C)cc1C. The molecule has 3 nitrogen and oxygen atoms in total. The second kappa shape index (κ2) is 9.29. The number of aliphatic imine (C=N–C) groups is 2. The number of hydrogen-bond acceptors (Lipinski definition) is 3. The van der Waals surface area contributed by atoms with E-state index in [1.54, 1.807) is 0 Å². The molecule has 3 heteroatoms. The first-order valence-corrected chi connectivity index (χ1v) is 10.1. The maximum atomic E-state index is 4.92. The van der Waals surface area contributed by atoms with Crippen LogP contribution >= 0.6 is 0 Å². The lowest BCUT2D eigenvalue weighted by atomic mass is 10.0. The number of nitrogens with zero attached hydrogens (tertiary/aromatic N) is 2. The van der Waals surface area contributed by atoms with Crippen LogP contribution in [-0.4, -0.2) is 24.0 Å². The molecule has 0 aliphatic carbocycles. The molecule has 0 aromatic heterocycles. The second-order valence-corrected chi connectivity index (χ2v) is 8.20. The lowest BCUT2D eigenvalue weighted by Gasteiger charge is -2.18. The molecule has 150 valence electrons. The molecule has 0 fully saturated rings. The normalized spacial score (nSPS) is 14.5. The van der Waals surface area contributed by atoms with E-state index in [1.807, 2.05) is 6.21 Å². The average molecular weight is 378 g/mol. The molecule has 0 amide bonds. The van der Waals surface area contributed by atoms with Gasteiger partial charge >= 0.3 is 0 Å². The summed E-state index contributed by atoms with van der Waals surface area (Å²) in [6.07, 6.45) is 2.00. The van der Waals surface area contributed by atoms with Crippen molar-refractivity contribution in [2.75, 3.05) is 0 Å². The van der Waals surface area contributed by atoms with Gasteiger partial charge in [-0.15, -0.1) is 0 Å². The van der Waals surface area contributed by atoms with Crippen molar-refractivity contribution in [2.24, 2.45) is 9.98 Å². The van der Waals surface area contributed by atoms with Crippen LogP contribution in [0.1, 0.15) is 54.2 Å². The van der Waals surface area contributed by atoms with E-state index < -0.39 is 0 Å². The highest BCUT2D eigenvalue weighted by atomic mass is 15.0. The number of aryl methyl sites for hydroxylation is 6. The molecule has 2 aromatic rings. The summed E-state index contributed by atoms with van der Waals surface area (Å²) in [5, 5.41) is 3.59. The second-order valence-electron chi connectivity index (χ2n) is 8.20. The molecular weight excluding hydrogens is 342 g/mol. The van der Waals surface area contributed by atoms with Gasteiger partial charge in [0.2, 0.25) is 0 Å². The Labute approximate surface area is 171 Å². The molecule has 2 aromatic carbocycles. The van der Waals surface area contributed by atoms with Gasteiger partial charge in [-0.05, 0) is 84.6 Å². The van der Waals surface area contributed by atoms with Crippen molar-refractivity contribution in [1.82, 2.24) is 5.32 Å². The molecule has 2 unspecified atom stereocenters. The van der Waals surface area contributed by atoms with E-state index in [1.165, 1.54) is 33.4 Å². The molecule has 0 saturated carbocycles. The van der Waals surface area contributed by atoms with Crippen LogP contribution < -0.4 is 5.32 Å². The Kier molecular flexibility index (Phi) is 7.31. The van der Waals surface area contributed by atoms with E-state index in [2.05, 4.69) is 91.9 Å². The highest BCUT2D eigenvalue weighted by Gasteiger charge is 2.11. The zero-order chi connectivity index (χ0) is 21.0. The first-order valence-electron chi connectivity index (χ1n) is 10.1. The van der Waals surface area contributed by atoms with E-state index in [0.717, 1.165) is 17.1 Å². The molecule has 28 heavy (non-hydrogen) atoms. The fourth-order valence-electron chi connectivity index (χ4n) is 3.74. The third kappa shape index (κ3) is 5.62. The smallest absolute Gasteiger partial charge is 0.0688 e. The van der Waals surface area contributed by atoms with Gasteiger partial charge in [-0.2, -0.15) is 0 Å². The fourth-order valence-corrected chi connectivity index (χ4v) is 3.74. The maximum Gasteiger partial charge on any atom is 0.0688 e. The van der Waals surface area contributed by atoms with Gasteiger partial charge < -0.3 is 5.32 Å². The van der Waals surface area contributed by atoms with Crippen LogP contribution in [0.5, 0.6) is 0 Å². The predicted octanol–water partition coefficient (Wildman–Crippen LogP) is 6.40. The van der Waals surface area contributed by atoms with Gasteiger partial charge in [0.15, 0.2) is 0 Å². The van der Waals surface area contributed by atoms with Crippen LogP contribution in [-0.2, 0) is 0 Å². The Balaban J connectivity index is 2.11. The van der Waals surface area contributed by atoms with Crippen molar-refractivity contribution in [2.45, 2.75) is 74.4 Å². The lowest BCUT2D eigenvalue weighted by Crippen LogP contribution is -2.39. The summed E-state index contributed by atoms with van der Waals surface area (Å²) in [4.78, 5) is 9.67. The van der Waals surface area contributed by atoms with Gasteiger partial charge in [0, 0.05) is 24.0 Å². The predicted molar refractivity (Wildman–Crippen MR) is 124 cm³/mol. The summed E-state index contributed by atoms with van der Waals surface area (Å²) in [5.41, 5.74) is 10.7. The lowest BCUT2D eigenvalue weighted by molar-refractivity contribution is 0.633. The Bertz CT molecular complexity index is 860. The third-order valence-corrected chi connectivity index (χ3v) is 5.13.